The highest BCUT2D eigenvalue weighted by molar-refractivity contribution is 6.57. The van der Waals surface area contributed by atoms with Crippen LogP contribution in [0.15, 0.2) is 12.3 Å². The molecule has 0 saturated carbocycles. The van der Waals surface area contributed by atoms with Gasteiger partial charge in [0.25, 0.3) is 0 Å². The van der Waals surface area contributed by atoms with E-state index in [9.17, 15) is 4.79 Å². The predicted molar refractivity (Wildman–Crippen MR) is 71.8 cm³/mol. The number of hydrogen-bond acceptors (Lipinski definition) is 4. The molecule has 1 amide bonds. The number of aromatic nitrogens is 2. The van der Waals surface area contributed by atoms with E-state index in [1.165, 1.54) is 0 Å². The summed E-state index contributed by atoms with van der Waals surface area (Å²) < 4.78 is 0. The molecule has 3 rings (SSSR count). The van der Waals surface area contributed by atoms with Gasteiger partial charge in [-0.1, -0.05) is 0 Å². The third-order valence-electron chi connectivity index (χ3n) is 3.78. The molecule has 2 saturated heterocycles. The van der Waals surface area contributed by atoms with Crippen LogP contribution in [0.5, 0.6) is 0 Å². The molecule has 2 fully saturated rings. The molecule has 0 unspecified atom stereocenters. The molecule has 2 atom stereocenters. The Morgan fingerprint density at radius 3 is 2.61 bits per heavy atom. The fourth-order valence-electron chi connectivity index (χ4n) is 3.11. The van der Waals surface area contributed by atoms with Crippen LogP contribution in [0.3, 0.4) is 0 Å². The van der Waals surface area contributed by atoms with Crippen molar-refractivity contribution in [1.82, 2.24) is 14.9 Å². The molecular weight excluding hydrogens is 250 g/mol. The zero-order chi connectivity index (χ0) is 12.7. The van der Waals surface area contributed by atoms with Gasteiger partial charge in [-0.3, -0.25) is 4.79 Å². The summed E-state index contributed by atoms with van der Waals surface area (Å²) in [7, 11) is 1.66. The van der Waals surface area contributed by atoms with E-state index in [4.69, 9.17) is 11.6 Å². The first-order chi connectivity index (χ1) is 8.65. The Kier molecular flexibility index (Phi) is 2.89. The lowest BCUT2D eigenvalue weighted by atomic mass is 10.0. The quantitative estimate of drug-likeness (QED) is 0.549. The molecule has 0 aromatic carbocycles. The van der Waals surface area contributed by atoms with Crippen LogP contribution in [-0.2, 0) is 0 Å². The maximum Gasteiger partial charge on any atom is 0.224 e. The van der Waals surface area contributed by atoms with Crippen LogP contribution < -0.4 is 4.90 Å². The van der Waals surface area contributed by atoms with Gasteiger partial charge in [-0.15, -0.1) is 0 Å². The number of fused-ring (bicyclic) bond motifs is 2. The summed E-state index contributed by atoms with van der Waals surface area (Å²) in [5.74, 6) is 1.04. The van der Waals surface area contributed by atoms with Gasteiger partial charge >= 0.3 is 0 Å². The molecule has 7 heteroatoms. The minimum absolute atomic E-state index is 0.183. The molecular formula is C11H14BClN4O. The van der Waals surface area contributed by atoms with E-state index < -0.39 is 0 Å². The number of amides is 1. The molecule has 2 aliphatic rings. The number of halogens is 1. The number of carbonyl (C=O) groups excluding carboxylic acids is 1. The van der Waals surface area contributed by atoms with Gasteiger partial charge < -0.3 is 9.80 Å². The van der Waals surface area contributed by atoms with Gasteiger partial charge in [0.1, 0.15) is 5.82 Å². The first-order valence-electron chi connectivity index (χ1n) is 6.17. The molecule has 5 nitrogen and oxygen atoms in total. The topological polar surface area (TPSA) is 49.3 Å². The normalized spacial score (nSPS) is 26.5. The van der Waals surface area contributed by atoms with E-state index in [1.807, 2.05) is 11.0 Å². The van der Waals surface area contributed by atoms with E-state index in [0.29, 0.717) is 12.1 Å². The molecule has 1 aromatic heterocycles. The van der Waals surface area contributed by atoms with E-state index in [-0.39, 0.29) is 11.1 Å². The monoisotopic (exact) mass is 264 g/mol. The molecule has 18 heavy (non-hydrogen) atoms. The minimum Gasteiger partial charge on any atom is -0.352 e. The van der Waals surface area contributed by atoms with Crippen molar-refractivity contribution in [1.29, 1.82) is 0 Å². The van der Waals surface area contributed by atoms with Gasteiger partial charge in [0.15, 0.2) is 5.81 Å². The van der Waals surface area contributed by atoms with Gasteiger partial charge in [-0.05, 0) is 30.5 Å². The lowest BCUT2D eigenvalue weighted by Gasteiger charge is -2.41. The van der Waals surface area contributed by atoms with E-state index in [1.54, 1.807) is 14.0 Å². The molecule has 0 aliphatic carbocycles. The summed E-state index contributed by atoms with van der Waals surface area (Å²) in [5.41, 5.74) is 0. The number of anilines is 1. The molecule has 2 aliphatic heterocycles. The van der Waals surface area contributed by atoms with Gasteiger partial charge in [-0.2, -0.15) is 0 Å². The summed E-state index contributed by atoms with van der Waals surface area (Å²) in [6.45, 7) is 1.67. The van der Waals surface area contributed by atoms with Crippen molar-refractivity contribution in [3.05, 3.63) is 17.5 Å². The smallest absolute Gasteiger partial charge is 0.224 e. The number of nitrogens with zero attached hydrogens (tertiary/aromatic N) is 4. The van der Waals surface area contributed by atoms with E-state index in [0.717, 1.165) is 31.7 Å². The highest BCUT2D eigenvalue weighted by Gasteiger charge is 2.41. The fourth-order valence-corrected chi connectivity index (χ4v) is 3.25. The summed E-state index contributed by atoms with van der Waals surface area (Å²) in [6.07, 6.45) is 3.84. The SMILES string of the molecule is BC(=O)N1[C@@H]2CC[C@H]1CN(c1ccnc(Cl)n1)C2. The second kappa shape index (κ2) is 4.42. The summed E-state index contributed by atoms with van der Waals surface area (Å²) >= 11 is 5.82. The lowest BCUT2D eigenvalue weighted by molar-refractivity contribution is 0.184. The molecule has 0 N–H and O–H groups in total. The third-order valence-corrected chi connectivity index (χ3v) is 3.96. The Bertz CT molecular complexity index is 472. The molecule has 1 aromatic rings. The van der Waals surface area contributed by atoms with Crippen molar-refractivity contribution >= 4 is 31.1 Å². The van der Waals surface area contributed by atoms with Crippen LogP contribution in [-0.4, -0.2) is 53.7 Å². The molecule has 94 valence electrons. The highest BCUT2D eigenvalue weighted by atomic mass is 35.5. The Labute approximate surface area is 112 Å². The van der Waals surface area contributed by atoms with Gasteiger partial charge in [0.2, 0.25) is 13.1 Å². The van der Waals surface area contributed by atoms with Crippen molar-refractivity contribution in [2.75, 3.05) is 18.0 Å². The zero-order valence-electron chi connectivity index (χ0n) is 10.2. The first kappa shape index (κ1) is 11.8. The highest BCUT2D eigenvalue weighted by Crippen LogP contribution is 2.31. The van der Waals surface area contributed by atoms with Crippen molar-refractivity contribution in [3.8, 4) is 0 Å². The van der Waals surface area contributed by atoms with E-state index >= 15 is 0 Å². The zero-order valence-corrected chi connectivity index (χ0v) is 11.0. The van der Waals surface area contributed by atoms with Crippen LogP contribution in [0.1, 0.15) is 12.8 Å². The van der Waals surface area contributed by atoms with Crippen molar-refractivity contribution in [3.63, 3.8) is 0 Å². The number of hydrogen-bond donors (Lipinski definition) is 0. The third kappa shape index (κ3) is 1.94. The number of piperazine rings is 1. The number of rotatable bonds is 1. The van der Waals surface area contributed by atoms with Crippen molar-refractivity contribution in [2.45, 2.75) is 24.9 Å². The first-order valence-corrected chi connectivity index (χ1v) is 6.55. The Morgan fingerprint density at radius 2 is 2.06 bits per heavy atom. The van der Waals surface area contributed by atoms with Gasteiger partial charge in [0, 0.05) is 31.4 Å². The average molecular weight is 265 g/mol. The molecule has 3 heterocycles. The van der Waals surface area contributed by atoms with Crippen LogP contribution >= 0.6 is 11.6 Å². The second-order valence-electron chi connectivity index (χ2n) is 4.90. The minimum atomic E-state index is 0.183. The maximum absolute atomic E-state index is 11.6. The van der Waals surface area contributed by atoms with Gasteiger partial charge in [0.05, 0.1) is 0 Å². The Morgan fingerprint density at radius 1 is 1.39 bits per heavy atom. The molecule has 0 radical (unpaired) electrons. The Balaban J connectivity index is 1.82. The number of carbonyl (C=O) groups is 1. The second-order valence-corrected chi connectivity index (χ2v) is 5.24. The summed E-state index contributed by atoms with van der Waals surface area (Å²) in [5, 5.41) is 0.272. The fraction of sp³-hybridized carbons (Fsp3) is 0.545. The van der Waals surface area contributed by atoms with Crippen LogP contribution in [0.25, 0.3) is 0 Å². The van der Waals surface area contributed by atoms with Crippen molar-refractivity contribution in [2.24, 2.45) is 0 Å². The molecule has 2 bridgehead atoms. The standard InChI is InChI=1S/C11H14BClN4O/c12-10(18)17-7-1-2-8(17)6-16(5-7)9-3-4-14-11(13)15-9/h3-4,7-8H,1-2,5-6,12H2/t7-,8+. The van der Waals surface area contributed by atoms with Crippen LogP contribution in [0.4, 0.5) is 10.6 Å². The largest absolute Gasteiger partial charge is 0.352 e. The summed E-state index contributed by atoms with van der Waals surface area (Å²) in [4.78, 5) is 24.0. The average Bonchev–Trinajstić information content (AvgIpc) is 2.61. The lowest BCUT2D eigenvalue weighted by Crippen LogP contribution is -2.55. The Hall–Kier alpha value is -1.30. The predicted octanol–water partition coefficient (Wildman–Crippen LogP) is 0.536. The summed E-state index contributed by atoms with van der Waals surface area (Å²) in [6, 6.07) is 2.50. The molecule has 0 spiro atoms. The van der Waals surface area contributed by atoms with E-state index in [2.05, 4.69) is 14.9 Å². The van der Waals surface area contributed by atoms with Crippen LogP contribution in [0.2, 0.25) is 5.28 Å². The van der Waals surface area contributed by atoms with Crippen molar-refractivity contribution < 1.29 is 4.79 Å². The maximum atomic E-state index is 11.6. The van der Waals surface area contributed by atoms with Crippen LogP contribution in [0, 0.1) is 0 Å². The van der Waals surface area contributed by atoms with Gasteiger partial charge in [-0.25, -0.2) is 9.97 Å².